The lowest BCUT2D eigenvalue weighted by Crippen LogP contribution is -2.15. The first-order valence-corrected chi connectivity index (χ1v) is 8.56. The predicted molar refractivity (Wildman–Crippen MR) is 84.4 cm³/mol. The van der Waals surface area contributed by atoms with Gasteiger partial charge in [-0.15, -0.1) is 0 Å². The van der Waals surface area contributed by atoms with Crippen LogP contribution < -0.4 is 0 Å². The lowest BCUT2D eigenvalue weighted by atomic mass is 10.0. The van der Waals surface area contributed by atoms with Crippen LogP contribution in [0.1, 0.15) is 22.8 Å². The van der Waals surface area contributed by atoms with Crippen molar-refractivity contribution < 1.29 is 13.5 Å². The molecule has 0 fully saturated rings. The highest BCUT2D eigenvalue weighted by molar-refractivity contribution is 7.91. The molecule has 2 aromatic rings. The Morgan fingerprint density at radius 2 is 1.67 bits per heavy atom. The van der Waals surface area contributed by atoms with E-state index < -0.39 is 15.9 Å². The van der Waals surface area contributed by atoms with Crippen LogP contribution in [0.25, 0.3) is 0 Å². The van der Waals surface area contributed by atoms with Gasteiger partial charge in [-0.2, -0.15) is 0 Å². The molecule has 3 nitrogen and oxygen atoms in total. The molecule has 1 unspecified atom stereocenters. The Hall–Kier alpha value is -1.36. The zero-order valence-electron chi connectivity index (χ0n) is 11.9. The number of aryl methyl sites for hydroxylation is 2. The van der Waals surface area contributed by atoms with Crippen LogP contribution in [0.5, 0.6) is 0 Å². The van der Waals surface area contributed by atoms with E-state index in [9.17, 15) is 13.5 Å². The molecule has 0 heterocycles. The van der Waals surface area contributed by atoms with Gasteiger partial charge in [-0.3, -0.25) is 0 Å². The smallest absolute Gasteiger partial charge is 0.182 e. The van der Waals surface area contributed by atoms with E-state index in [0.29, 0.717) is 5.56 Å². The molecular formula is C16H17ClO3S. The first-order valence-electron chi connectivity index (χ1n) is 6.53. The van der Waals surface area contributed by atoms with Gasteiger partial charge in [-0.25, -0.2) is 8.42 Å². The Morgan fingerprint density at radius 1 is 1.10 bits per heavy atom. The first kappa shape index (κ1) is 16.0. The van der Waals surface area contributed by atoms with Crippen LogP contribution in [0.4, 0.5) is 0 Å². The number of rotatable bonds is 4. The third-order valence-electron chi connectivity index (χ3n) is 3.18. The second kappa shape index (κ2) is 6.18. The van der Waals surface area contributed by atoms with Gasteiger partial charge in [0.25, 0.3) is 0 Å². The minimum atomic E-state index is -3.65. The van der Waals surface area contributed by atoms with Crippen LogP contribution in [0, 0.1) is 13.8 Å². The molecule has 0 saturated carbocycles. The van der Waals surface area contributed by atoms with Crippen molar-refractivity contribution in [1.82, 2.24) is 0 Å². The highest BCUT2D eigenvalue weighted by Crippen LogP contribution is 2.26. The molecule has 0 aliphatic carbocycles. The second-order valence-corrected chi connectivity index (χ2v) is 7.56. The van der Waals surface area contributed by atoms with E-state index in [1.165, 1.54) is 12.1 Å². The fourth-order valence-electron chi connectivity index (χ4n) is 2.29. The zero-order valence-corrected chi connectivity index (χ0v) is 13.4. The van der Waals surface area contributed by atoms with Crippen molar-refractivity contribution in [3.8, 4) is 0 Å². The van der Waals surface area contributed by atoms with Crippen molar-refractivity contribution in [1.29, 1.82) is 0 Å². The normalized spacial score (nSPS) is 13.1. The summed E-state index contributed by atoms with van der Waals surface area (Å²) in [4.78, 5) is 0.0510. The number of sulfone groups is 1. The van der Waals surface area contributed by atoms with Gasteiger partial charge in [0.15, 0.2) is 9.84 Å². The summed E-state index contributed by atoms with van der Waals surface area (Å²) in [5, 5.41) is 10.4. The van der Waals surface area contributed by atoms with Crippen molar-refractivity contribution in [2.75, 3.05) is 5.75 Å². The summed E-state index contributed by atoms with van der Waals surface area (Å²) >= 11 is 5.93. The van der Waals surface area contributed by atoms with Crippen molar-refractivity contribution in [2.24, 2.45) is 0 Å². The number of hydrogen-bond acceptors (Lipinski definition) is 3. The summed E-state index contributed by atoms with van der Waals surface area (Å²) in [6.07, 6.45) is -1.08. The zero-order chi connectivity index (χ0) is 15.6. The quantitative estimate of drug-likeness (QED) is 0.937. The van der Waals surface area contributed by atoms with E-state index in [2.05, 4.69) is 0 Å². The van der Waals surface area contributed by atoms with E-state index >= 15 is 0 Å². The summed E-state index contributed by atoms with van der Waals surface area (Å²) in [5.74, 6) is -0.389. The Morgan fingerprint density at radius 3 is 2.24 bits per heavy atom. The number of hydrogen-bond donors (Lipinski definition) is 1. The molecular weight excluding hydrogens is 308 g/mol. The predicted octanol–water partition coefficient (Wildman–Crippen LogP) is 3.46. The maximum Gasteiger partial charge on any atom is 0.182 e. The van der Waals surface area contributed by atoms with E-state index in [-0.39, 0.29) is 15.7 Å². The maximum absolute atomic E-state index is 12.4. The molecule has 1 atom stereocenters. The van der Waals surface area contributed by atoms with Crippen LogP contribution in [-0.4, -0.2) is 19.3 Å². The summed E-state index contributed by atoms with van der Waals surface area (Å²) < 4.78 is 24.7. The molecule has 2 rings (SSSR count). The average Bonchev–Trinajstić information content (AvgIpc) is 2.37. The third-order valence-corrected chi connectivity index (χ3v) is 5.40. The Labute approximate surface area is 130 Å². The first-order chi connectivity index (χ1) is 9.79. The molecule has 2 aromatic carbocycles. The van der Waals surface area contributed by atoms with Gasteiger partial charge in [-0.1, -0.05) is 53.1 Å². The van der Waals surface area contributed by atoms with Gasteiger partial charge >= 0.3 is 0 Å². The van der Waals surface area contributed by atoms with Crippen molar-refractivity contribution >= 4 is 21.4 Å². The fourth-order valence-corrected chi connectivity index (χ4v) is 4.22. The highest BCUT2D eigenvalue weighted by Gasteiger charge is 2.23. The monoisotopic (exact) mass is 324 g/mol. The molecule has 112 valence electrons. The molecule has 1 N–H and O–H groups in total. The summed E-state index contributed by atoms with van der Waals surface area (Å²) in [7, 11) is -3.65. The maximum atomic E-state index is 12.4. The molecule has 0 amide bonds. The molecule has 21 heavy (non-hydrogen) atoms. The number of aliphatic hydroxyl groups is 1. The van der Waals surface area contributed by atoms with Gasteiger partial charge in [-0.05, 0) is 31.5 Å². The third kappa shape index (κ3) is 3.84. The summed E-state index contributed by atoms with van der Waals surface area (Å²) in [5.41, 5.74) is 2.57. The Balaban J connectivity index is 2.30. The number of halogens is 1. The molecule has 0 aromatic heterocycles. The minimum absolute atomic E-state index is 0.0510. The van der Waals surface area contributed by atoms with Gasteiger partial charge < -0.3 is 5.11 Å². The van der Waals surface area contributed by atoms with Crippen LogP contribution in [0.15, 0.2) is 47.4 Å². The molecule has 0 bridgehead atoms. The molecule has 0 aliphatic heterocycles. The number of benzene rings is 2. The van der Waals surface area contributed by atoms with Crippen molar-refractivity contribution in [3.05, 3.63) is 64.2 Å². The minimum Gasteiger partial charge on any atom is -0.387 e. The molecule has 0 saturated heterocycles. The van der Waals surface area contributed by atoms with Gasteiger partial charge in [0.2, 0.25) is 0 Å². The van der Waals surface area contributed by atoms with Crippen LogP contribution in [0.2, 0.25) is 5.02 Å². The van der Waals surface area contributed by atoms with E-state index in [1.54, 1.807) is 24.3 Å². The van der Waals surface area contributed by atoms with Gasteiger partial charge in [0.1, 0.15) is 0 Å². The standard InChI is InChI=1S/C16H17ClO3S/c1-11-7-12(2)9-13(8-11)15(18)10-21(19,20)16-6-4-3-5-14(16)17/h3-9,15,18H,10H2,1-2H3. The van der Waals surface area contributed by atoms with Crippen molar-refractivity contribution in [3.63, 3.8) is 0 Å². The topological polar surface area (TPSA) is 54.4 Å². The number of aliphatic hydroxyl groups excluding tert-OH is 1. The van der Waals surface area contributed by atoms with E-state index in [4.69, 9.17) is 11.6 Å². The van der Waals surface area contributed by atoms with Crippen LogP contribution >= 0.6 is 11.6 Å². The summed E-state index contributed by atoms with van der Waals surface area (Å²) in [6, 6.07) is 11.8. The van der Waals surface area contributed by atoms with Crippen LogP contribution in [0.3, 0.4) is 0 Å². The fraction of sp³-hybridized carbons (Fsp3) is 0.250. The molecule has 0 spiro atoms. The molecule has 0 aliphatic rings. The lowest BCUT2D eigenvalue weighted by molar-refractivity contribution is 0.201. The SMILES string of the molecule is Cc1cc(C)cc(C(O)CS(=O)(=O)c2ccccc2Cl)c1. The average molecular weight is 325 g/mol. The summed E-state index contributed by atoms with van der Waals surface area (Å²) in [6.45, 7) is 3.82. The highest BCUT2D eigenvalue weighted by atomic mass is 35.5. The van der Waals surface area contributed by atoms with Crippen molar-refractivity contribution in [2.45, 2.75) is 24.8 Å². The van der Waals surface area contributed by atoms with Gasteiger partial charge in [0.05, 0.1) is 21.8 Å². The van der Waals surface area contributed by atoms with E-state index in [1.807, 2.05) is 19.9 Å². The van der Waals surface area contributed by atoms with Gasteiger partial charge in [0, 0.05) is 0 Å². The van der Waals surface area contributed by atoms with E-state index in [0.717, 1.165) is 11.1 Å². The Kier molecular flexibility index (Phi) is 4.71. The largest absolute Gasteiger partial charge is 0.387 e. The molecule has 5 heteroatoms. The second-order valence-electron chi connectivity index (χ2n) is 5.15. The Bertz CT molecular complexity index is 734. The lowest BCUT2D eigenvalue weighted by Gasteiger charge is -2.14. The molecule has 0 radical (unpaired) electrons. The van der Waals surface area contributed by atoms with Crippen LogP contribution in [-0.2, 0) is 9.84 Å².